The van der Waals surface area contributed by atoms with Gasteiger partial charge in [-0.15, -0.1) is 0 Å². The van der Waals surface area contributed by atoms with Crippen LogP contribution in [0.3, 0.4) is 0 Å². The zero-order chi connectivity index (χ0) is 21.8. The van der Waals surface area contributed by atoms with Crippen molar-refractivity contribution in [2.75, 3.05) is 19.8 Å². The predicted octanol–water partition coefficient (Wildman–Crippen LogP) is 0.792. The zero-order valence-corrected chi connectivity index (χ0v) is 17.8. The fraction of sp³-hybridized carbons (Fsp3) is 0.696. The van der Waals surface area contributed by atoms with Gasteiger partial charge in [-0.3, -0.25) is 14.4 Å². The Morgan fingerprint density at radius 1 is 1.16 bits per heavy atom. The monoisotopic (exact) mass is 430 g/mol. The molecule has 1 unspecified atom stereocenters. The summed E-state index contributed by atoms with van der Waals surface area (Å²) in [5.41, 5.74) is -1.24. The van der Waals surface area contributed by atoms with Crippen molar-refractivity contribution < 1.29 is 29.0 Å². The third kappa shape index (κ3) is 2.98. The Morgan fingerprint density at radius 3 is 2.68 bits per heavy atom. The maximum Gasteiger partial charge on any atom is 0.313 e. The van der Waals surface area contributed by atoms with E-state index in [1.165, 1.54) is 11.3 Å². The predicted molar refractivity (Wildman–Crippen MR) is 110 cm³/mol. The SMILES string of the molecule is C[C@H](CO)N1C(=O)[C@@H]2[C@H]3C(=O)OCC=C[C@H]3O[C@@]23C=CCN(C2CCCCC2)C(=O)C13. The Morgan fingerprint density at radius 2 is 1.94 bits per heavy atom. The molecule has 0 bridgehead atoms. The number of hydrogen-bond acceptors (Lipinski definition) is 6. The van der Waals surface area contributed by atoms with Crippen molar-refractivity contribution in [2.24, 2.45) is 11.8 Å². The summed E-state index contributed by atoms with van der Waals surface area (Å²) in [5, 5.41) is 9.88. The third-order valence-corrected chi connectivity index (χ3v) is 7.64. The van der Waals surface area contributed by atoms with Gasteiger partial charge in [0.25, 0.3) is 0 Å². The van der Waals surface area contributed by atoms with Crippen LogP contribution in [0.25, 0.3) is 0 Å². The van der Waals surface area contributed by atoms with E-state index in [-0.39, 0.29) is 31.1 Å². The topological polar surface area (TPSA) is 96.4 Å². The largest absolute Gasteiger partial charge is 0.461 e. The van der Waals surface area contributed by atoms with E-state index < -0.39 is 41.6 Å². The zero-order valence-electron chi connectivity index (χ0n) is 17.8. The number of carbonyl (C=O) groups excluding carboxylic acids is 3. The average Bonchev–Trinajstić information content (AvgIpc) is 3.09. The minimum Gasteiger partial charge on any atom is -0.461 e. The second-order valence-corrected chi connectivity index (χ2v) is 9.36. The van der Waals surface area contributed by atoms with Gasteiger partial charge in [0.05, 0.1) is 24.7 Å². The van der Waals surface area contributed by atoms with Crippen molar-refractivity contribution in [2.45, 2.75) is 68.9 Å². The summed E-state index contributed by atoms with van der Waals surface area (Å²) < 4.78 is 11.7. The maximum absolute atomic E-state index is 14.0. The first-order valence-corrected chi connectivity index (χ1v) is 11.4. The van der Waals surface area contributed by atoms with Crippen LogP contribution in [0.4, 0.5) is 0 Å². The molecule has 4 heterocycles. The fourth-order valence-electron chi connectivity index (χ4n) is 6.21. The number of aliphatic hydroxyl groups excluding tert-OH is 1. The molecule has 2 amide bonds. The minimum atomic E-state index is -1.24. The molecule has 5 aliphatic rings. The Balaban J connectivity index is 1.60. The molecule has 4 aliphatic heterocycles. The average molecular weight is 431 g/mol. The van der Waals surface area contributed by atoms with Crippen LogP contribution < -0.4 is 0 Å². The fourth-order valence-corrected chi connectivity index (χ4v) is 6.21. The van der Waals surface area contributed by atoms with Gasteiger partial charge in [-0.05, 0) is 25.8 Å². The molecule has 0 aromatic heterocycles. The molecule has 8 nitrogen and oxygen atoms in total. The summed E-state index contributed by atoms with van der Waals surface area (Å²) in [6.07, 6.45) is 11.9. The number of ether oxygens (including phenoxy) is 2. The van der Waals surface area contributed by atoms with Gasteiger partial charge in [-0.2, -0.15) is 0 Å². The number of nitrogens with zero attached hydrogens (tertiary/aromatic N) is 2. The highest BCUT2D eigenvalue weighted by Gasteiger charge is 2.72. The van der Waals surface area contributed by atoms with Crippen LogP contribution in [-0.4, -0.2) is 82.3 Å². The van der Waals surface area contributed by atoms with E-state index in [1.54, 1.807) is 19.1 Å². The molecular formula is C23H30N2O6. The van der Waals surface area contributed by atoms with Gasteiger partial charge in [0, 0.05) is 12.6 Å². The smallest absolute Gasteiger partial charge is 0.313 e. The van der Waals surface area contributed by atoms with Crippen LogP contribution in [0, 0.1) is 11.8 Å². The molecule has 8 heteroatoms. The van der Waals surface area contributed by atoms with E-state index in [1.807, 2.05) is 17.1 Å². The van der Waals surface area contributed by atoms with Gasteiger partial charge in [0.15, 0.2) is 0 Å². The van der Waals surface area contributed by atoms with Crippen molar-refractivity contribution in [3.05, 3.63) is 24.3 Å². The van der Waals surface area contributed by atoms with E-state index in [0.717, 1.165) is 25.7 Å². The highest BCUT2D eigenvalue weighted by Crippen LogP contribution is 2.53. The number of aliphatic hydroxyl groups is 1. The second kappa shape index (κ2) is 7.74. The summed E-state index contributed by atoms with van der Waals surface area (Å²) in [6.45, 7) is 2.06. The van der Waals surface area contributed by atoms with E-state index in [4.69, 9.17) is 9.47 Å². The van der Waals surface area contributed by atoms with Crippen LogP contribution >= 0.6 is 0 Å². The molecule has 31 heavy (non-hydrogen) atoms. The van der Waals surface area contributed by atoms with Gasteiger partial charge in [0.2, 0.25) is 11.8 Å². The molecule has 0 aromatic rings. The van der Waals surface area contributed by atoms with Crippen LogP contribution in [0.1, 0.15) is 39.0 Å². The number of fused-ring (bicyclic) bond motifs is 2. The van der Waals surface area contributed by atoms with Gasteiger partial charge in [-0.25, -0.2) is 0 Å². The lowest BCUT2D eigenvalue weighted by atomic mass is 9.78. The maximum atomic E-state index is 14.0. The molecular weight excluding hydrogens is 400 g/mol. The molecule has 1 N–H and O–H groups in total. The van der Waals surface area contributed by atoms with Crippen LogP contribution in [0.15, 0.2) is 24.3 Å². The van der Waals surface area contributed by atoms with E-state index in [2.05, 4.69) is 0 Å². The molecule has 5 rings (SSSR count). The van der Waals surface area contributed by atoms with Gasteiger partial charge in [0.1, 0.15) is 24.2 Å². The quantitative estimate of drug-likeness (QED) is 0.525. The molecule has 2 saturated heterocycles. The second-order valence-electron chi connectivity index (χ2n) is 9.36. The minimum absolute atomic E-state index is 0.137. The first-order valence-electron chi connectivity index (χ1n) is 11.4. The summed E-state index contributed by atoms with van der Waals surface area (Å²) in [5.74, 6) is -2.60. The molecule has 1 saturated carbocycles. The summed E-state index contributed by atoms with van der Waals surface area (Å²) in [4.78, 5) is 43.8. The van der Waals surface area contributed by atoms with Crippen molar-refractivity contribution in [3.63, 3.8) is 0 Å². The molecule has 3 fully saturated rings. The van der Waals surface area contributed by atoms with Crippen LogP contribution in [0.5, 0.6) is 0 Å². The lowest BCUT2D eigenvalue weighted by Crippen LogP contribution is -2.59. The number of likely N-dealkylation sites (tertiary alicyclic amines) is 1. The van der Waals surface area contributed by atoms with Crippen molar-refractivity contribution in [1.29, 1.82) is 0 Å². The van der Waals surface area contributed by atoms with Crippen molar-refractivity contribution in [3.8, 4) is 0 Å². The summed E-state index contributed by atoms with van der Waals surface area (Å²) in [6, 6.07) is -1.33. The van der Waals surface area contributed by atoms with Gasteiger partial charge >= 0.3 is 5.97 Å². The first-order chi connectivity index (χ1) is 15.0. The Kier molecular flexibility index (Phi) is 5.17. The van der Waals surface area contributed by atoms with Gasteiger partial charge in [-0.1, -0.05) is 37.5 Å². The van der Waals surface area contributed by atoms with Crippen LogP contribution in [-0.2, 0) is 23.9 Å². The molecule has 1 spiro atoms. The highest BCUT2D eigenvalue weighted by molar-refractivity contribution is 5.99. The number of amides is 2. The van der Waals surface area contributed by atoms with Crippen molar-refractivity contribution in [1.82, 2.24) is 9.80 Å². The standard InChI is InChI=1S/C23H30N2O6/c1-14(13-26)25-19-21(28)24(15-7-3-2-4-8-15)11-6-10-23(19)18(20(25)27)17-16(31-23)9-5-12-30-22(17)29/h5-6,9-10,14-19,26H,2-4,7-8,11-13H2,1H3/t14-,16-,17+,18+,19?,23+/m1/s1. The van der Waals surface area contributed by atoms with E-state index in [9.17, 15) is 19.5 Å². The molecule has 6 atom stereocenters. The first kappa shape index (κ1) is 20.7. The van der Waals surface area contributed by atoms with Crippen LogP contribution in [0.2, 0.25) is 0 Å². The molecule has 0 radical (unpaired) electrons. The van der Waals surface area contributed by atoms with Gasteiger partial charge < -0.3 is 24.4 Å². The summed E-state index contributed by atoms with van der Waals surface area (Å²) >= 11 is 0. The molecule has 0 aromatic carbocycles. The molecule has 1 aliphatic carbocycles. The van der Waals surface area contributed by atoms with Crippen molar-refractivity contribution >= 4 is 17.8 Å². The summed E-state index contributed by atoms with van der Waals surface area (Å²) in [7, 11) is 0. The Bertz CT molecular complexity index is 834. The molecule has 168 valence electrons. The number of cyclic esters (lactones) is 1. The normalized spacial score (nSPS) is 39.0. The third-order valence-electron chi connectivity index (χ3n) is 7.64. The van der Waals surface area contributed by atoms with E-state index >= 15 is 0 Å². The number of hydrogen-bond donors (Lipinski definition) is 1. The Hall–Kier alpha value is -2.19. The van der Waals surface area contributed by atoms with E-state index in [0.29, 0.717) is 6.54 Å². The number of carbonyl (C=O) groups is 3. The highest BCUT2D eigenvalue weighted by atomic mass is 16.6. The lowest BCUT2D eigenvalue weighted by Gasteiger charge is -2.40. The lowest BCUT2D eigenvalue weighted by molar-refractivity contribution is -0.155. The Labute approximate surface area is 181 Å². The number of esters is 1. The number of rotatable bonds is 3.